The molecule has 0 aliphatic heterocycles. The molecule has 0 saturated carbocycles. The van der Waals surface area contributed by atoms with Crippen LogP contribution >= 0.6 is 0 Å². The third-order valence-electron chi connectivity index (χ3n) is 4.34. The molecule has 144 valence electrons. The van der Waals surface area contributed by atoms with E-state index in [1.165, 1.54) is 12.1 Å². The van der Waals surface area contributed by atoms with Crippen molar-refractivity contribution < 1.29 is 4.39 Å². The molecule has 0 fully saturated rings. The number of rotatable bonds is 7. The van der Waals surface area contributed by atoms with Gasteiger partial charge in [-0.25, -0.2) is 9.37 Å². The summed E-state index contributed by atoms with van der Waals surface area (Å²) >= 11 is 0. The van der Waals surface area contributed by atoms with E-state index in [0.29, 0.717) is 24.9 Å². The van der Waals surface area contributed by atoms with Crippen molar-refractivity contribution in [3.8, 4) is 11.3 Å². The van der Waals surface area contributed by atoms with Crippen LogP contribution in [0.1, 0.15) is 11.3 Å². The smallest absolute Gasteiger partial charge is 0.225 e. The minimum Gasteiger partial charge on any atom is -0.364 e. The summed E-state index contributed by atoms with van der Waals surface area (Å²) in [6, 6.07) is 24.0. The molecule has 0 spiro atoms. The number of nitrogens with one attached hydrogen (secondary N) is 2. The van der Waals surface area contributed by atoms with Gasteiger partial charge in [0.25, 0.3) is 0 Å². The van der Waals surface area contributed by atoms with Gasteiger partial charge in [-0.15, -0.1) is 0 Å². The van der Waals surface area contributed by atoms with Crippen LogP contribution in [0.5, 0.6) is 0 Å². The predicted molar refractivity (Wildman–Crippen MR) is 113 cm³/mol. The second kappa shape index (κ2) is 8.93. The summed E-state index contributed by atoms with van der Waals surface area (Å²) in [6.45, 7) is 1.06. The predicted octanol–water partition coefficient (Wildman–Crippen LogP) is 4.90. The van der Waals surface area contributed by atoms with Crippen LogP contribution in [-0.4, -0.2) is 15.0 Å². The van der Waals surface area contributed by atoms with Crippen LogP contribution in [0.2, 0.25) is 0 Å². The molecule has 4 aromatic rings. The lowest BCUT2D eigenvalue weighted by Crippen LogP contribution is -2.08. The molecule has 2 N–H and O–H groups in total. The first kappa shape index (κ1) is 18.6. The van der Waals surface area contributed by atoms with E-state index >= 15 is 0 Å². The van der Waals surface area contributed by atoms with Gasteiger partial charge in [-0.1, -0.05) is 48.5 Å². The van der Waals surface area contributed by atoms with Gasteiger partial charge in [0.05, 0.1) is 17.9 Å². The zero-order valence-electron chi connectivity index (χ0n) is 15.7. The van der Waals surface area contributed by atoms with Gasteiger partial charge in [0.15, 0.2) is 0 Å². The largest absolute Gasteiger partial charge is 0.364 e. The lowest BCUT2D eigenvalue weighted by Gasteiger charge is -2.11. The number of benzene rings is 2. The Labute approximate surface area is 168 Å². The fraction of sp³-hybridized carbons (Fsp3) is 0.0870. The number of halogens is 1. The van der Waals surface area contributed by atoms with E-state index in [0.717, 1.165) is 22.5 Å². The maximum absolute atomic E-state index is 13.1. The summed E-state index contributed by atoms with van der Waals surface area (Å²) in [5, 5.41) is 6.54. The highest BCUT2D eigenvalue weighted by molar-refractivity contribution is 5.64. The summed E-state index contributed by atoms with van der Waals surface area (Å²) in [5.74, 6) is 0.947. The van der Waals surface area contributed by atoms with Gasteiger partial charge in [0, 0.05) is 24.4 Å². The van der Waals surface area contributed by atoms with E-state index in [-0.39, 0.29) is 5.82 Å². The summed E-state index contributed by atoms with van der Waals surface area (Å²) in [7, 11) is 0. The quantitative estimate of drug-likeness (QED) is 0.474. The molecule has 0 aliphatic carbocycles. The van der Waals surface area contributed by atoms with Crippen molar-refractivity contribution in [2.75, 3.05) is 10.6 Å². The van der Waals surface area contributed by atoms with Crippen molar-refractivity contribution in [1.29, 1.82) is 0 Å². The summed E-state index contributed by atoms with van der Waals surface area (Å²) in [6.07, 6.45) is 1.77. The molecule has 6 heteroatoms. The molecule has 0 unspecified atom stereocenters. The van der Waals surface area contributed by atoms with E-state index < -0.39 is 0 Å². The van der Waals surface area contributed by atoms with Crippen LogP contribution in [0, 0.1) is 5.82 Å². The van der Waals surface area contributed by atoms with Crippen LogP contribution in [0.25, 0.3) is 11.3 Å². The van der Waals surface area contributed by atoms with Crippen LogP contribution in [0.15, 0.2) is 85.1 Å². The van der Waals surface area contributed by atoms with Crippen molar-refractivity contribution in [3.63, 3.8) is 0 Å². The highest BCUT2D eigenvalue weighted by atomic mass is 19.1. The highest BCUT2D eigenvalue weighted by Gasteiger charge is 2.07. The van der Waals surface area contributed by atoms with Gasteiger partial charge in [0.1, 0.15) is 11.6 Å². The molecule has 5 nitrogen and oxygen atoms in total. The third-order valence-corrected chi connectivity index (χ3v) is 4.34. The Kier molecular flexibility index (Phi) is 5.71. The molecule has 0 aliphatic rings. The SMILES string of the molecule is Fc1ccc(CNc2nc(NCc3ccccn3)cc(-c3ccccc3)n2)cc1. The molecule has 29 heavy (non-hydrogen) atoms. The number of hydrogen-bond acceptors (Lipinski definition) is 5. The molecule has 0 radical (unpaired) electrons. The minimum atomic E-state index is -0.253. The van der Waals surface area contributed by atoms with Gasteiger partial charge in [0.2, 0.25) is 5.95 Å². The maximum Gasteiger partial charge on any atom is 0.225 e. The van der Waals surface area contributed by atoms with Crippen molar-refractivity contribution in [3.05, 3.63) is 102 Å². The van der Waals surface area contributed by atoms with Crippen LogP contribution in [-0.2, 0) is 13.1 Å². The van der Waals surface area contributed by atoms with Gasteiger partial charge >= 0.3 is 0 Å². The van der Waals surface area contributed by atoms with E-state index in [1.54, 1.807) is 18.3 Å². The first-order valence-electron chi connectivity index (χ1n) is 9.33. The summed E-state index contributed by atoms with van der Waals surface area (Å²) in [4.78, 5) is 13.5. The number of hydrogen-bond donors (Lipinski definition) is 2. The standard InChI is InChI=1S/C23H20FN5/c24-19-11-9-17(10-12-19)15-27-23-28-21(18-6-2-1-3-7-18)14-22(29-23)26-16-20-8-4-5-13-25-20/h1-14H,15-16H2,(H2,26,27,28,29). The molecule has 0 amide bonds. The van der Waals surface area contributed by atoms with Crippen LogP contribution in [0.3, 0.4) is 0 Å². The van der Waals surface area contributed by atoms with Gasteiger partial charge < -0.3 is 10.6 Å². The fourth-order valence-electron chi connectivity index (χ4n) is 2.84. The summed E-state index contributed by atoms with van der Waals surface area (Å²) in [5.41, 5.74) is 3.68. The molecular weight excluding hydrogens is 365 g/mol. The lowest BCUT2D eigenvalue weighted by atomic mass is 10.1. The lowest BCUT2D eigenvalue weighted by molar-refractivity contribution is 0.627. The van der Waals surface area contributed by atoms with E-state index in [2.05, 4.69) is 25.6 Å². The van der Waals surface area contributed by atoms with Crippen LogP contribution in [0.4, 0.5) is 16.2 Å². The number of anilines is 2. The molecule has 0 saturated heterocycles. The zero-order valence-corrected chi connectivity index (χ0v) is 15.7. The average Bonchev–Trinajstić information content (AvgIpc) is 2.78. The second-order valence-corrected chi connectivity index (χ2v) is 6.48. The van der Waals surface area contributed by atoms with E-state index in [1.807, 2.05) is 54.6 Å². The van der Waals surface area contributed by atoms with Gasteiger partial charge in [-0.3, -0.25) is 4.98 Å². The molecular formula is C23H20FN5. The van der Waals surface area contributed by atoms with Crippen molar-refractivity contribution in [2.45, 2.75) is 13.1 Å². The second-order valence-electron chi connectivity index (χ2n) is 6.48. The van der Waals surface area contributed by atoms with E-state index in [9.17, 15) is 4.39 Å². The molecule has 2 aromatic heterocycles. The Balaban J connectivity index is 1.56. The molecule has 2 aromatic carbocycles. The third kappa shape index (κ3) is 5.13. The van der Waals surface area contributed by atoms with Crippen molar-refractivity contribution in [2.24, 2.45) is 0 Å². The van der Waals surface area contributed by atoms with Crippen molar-refractivity contribution >= 4 is 11.8 Å². The Bertz CT molecular complexity index is 1050. The first-order valence-corrected chi connectivity index (χ1v) is 9.33. The topological polar surface area (TPSA) is 62.7 Å². The summed E-state index contributed by atoms with van der Waals surface area (Å²) < 4.78 is 13.1. The van der Waals surface area contributed by atoms with Crippen molar-refractivity contribution in [1.82, 2.24) is 15.0 Å². The van der Waals surface area contributed by atoms with E-state index in [4.69, 9.17) is 0 Å². The Hall–Kier alpha value is -3.80. The fourth-order valence-corrected chi connectivity index (χ4v) is 2.84. The normalized spacial score (nSPS) is 10.5. The van der Waals surface area contributed by atoms with Gasteiger partial charge in [-0.2, -0.15) is 4.98 Å². The molecule has 4 rings (SSSR count). The Morgan fingerprint density at radius 3 is 2.31 bits per heavy atom. The monoisotopic (exact) mass is 385 g/mol. The van der Waals surface area contributed by atoms with Crippen LogP contribution < -0.4 is 10.6 Å². The zero-order chi connectivity index (χ0) is 19.9. The molecule has 0 atom stereocenters. The van der Waals surface area contributed by atoms with Gasteiger partial charge in [-0.05, 0) is 29.8 Å². The molecule has 0 bridgehead atoms. The Morgan fingerprint density at radius 1 is 0.759 bits per heavy atom. The number of nitrogens with zero attached hydrogens (tertiary/aromatic N) is 3. The number of aromatic nitrogens is 3. The molecule has 2 heterocycles. The first-order chi connectivity index (χ1) is 14.3. The Morgan fingerprint density at radius 2 is 1.55 bits per heavy atom. The minimum absolute atomic E-state index is 0.253. The average molecular weight is 385 g/mol. The number of pyridine rings is 1. The highest BCUT2D eigenvalue weighted by Crippen LogP contribution is 2.22. The maximum atomic E-state index is 13.1.